The molecule has 0 radical (unpaired) electrons. The fourth-order valence-corrected chi connectivity index (χ4v) is 5.00. The molecule has 1 saturated heterocycles. The summed E-state index contributed by atoms with van der Waals surface area (Å²) >= 11 is 6.06. The minimum atomic E-state index is -1.26. The number of nitrogens with zero attached hydrogens (tertiary/aromatic N) is 1. The zero-order valence-corrected chi connectivity index (χ0v) is 21.1. The Morgan fingerprint density at radius 3 is 2.56 bits per heavy atom. The Labute approximate surface area is 203 Å². The summed E-state index contributed by atoms with van der Waals surface area (Å²) in [6.07, 6.45) is -1.44. The van der Waals surface area contributed by atoms with Crippen molar-refractivity contribution in [2.24, 2.45) is 5.41 Å². The van der Waals surface area contributed by atoms with Crippen LogP contribution in [0.5, 0.6) is 0 Å². The van der Waals surface area contributed by atoms with Gasteiger partial charge in [0, 0.05) is 15.9 Å². The van der Waals surface area contributed by atoms with Crippen molar-refractivity contribution >= 4 is 40.5 Å². The third-order valence-corrected chi connectivity index (χ3v) is 6.69. The highest BCUT2D eigenvalue weighted by atomic mass is 35.5. The van der Waals surface area contributed by atoms with E-state index in [9.17, 15) is 19.5 Å². The van der Waals surface area contributed by atoms with Crippen molar-refractivity contribution in [1.82, 2.24) is 15.2 Å². The fraction of sp³-hybridized carbons (Fsp3) is 0.542. The molecule has 2 amide bonds. The Kier molecular flexibility index (Phi) is 6.92. The maximum absolute atomic E-state index is 13.4. The topological polar surface area (TPSA) is 121 Å². The predicted molar refractivity (Wildman–Crippen MR) is 128 cm³/mol. The van der Waals surface area contributed by atoms with E-state index in [1.165, 1.54) is 4.90 Å². The summed E-state index contributed by atoms with van der Waals surface area (Å²) in [6, 6.07) is 5.93. The number of nitrogens with one attached hydrogen (secondary N) is 2. The van der Waals surface area contributed by atoms with Crippen molar-refractivity contribution < 1.29 is 29.0 Å². The normalized spacial score (nSPS) is 20.9. The number of rotatable bonds is 6. The zero-order valence-electron chi connectivity index (χ0n) is 20.3. The van der Waals surface area contributed by atoms with Gasteiger partial charge in [-0.3, -0.25) is 14.5 Å². The predicted octanol–water partition coefficient (Wildman–Crippen LogP) is 4.40. The molecule has 1 aliphatic rings. The second kappa shape index (κ2) is 9.11. The molecule has 0 spiro atoms. The summed E-state index contributed by atoms with van der Waals surface area (Å²) in [4.78, 5) is 42.8. The molecule has 1 aromatic carbocycles. The van der Waals surface area contributed by atoms with Crippen LogP contribution in [0, 0.1) is 5.41 Å². The number of carbonyl (C=O) groups excluding carboxylic acids is 2. The smallest absolute Gasteiger partial charge is 0.410 e. The number of halogens is 1. The van der Waals surface area contributed by atoms with Gasteiger partial charge in [-0.1, -0.05) is 32.4 Å². The van der Waals surface area contributed by atoms with Gasteiger partial charge in [0.2, 0.25) is 0 Å². The molecule has 0 aliphatic carbocycles. The second-order valence-electron chi connectivity index (χ2n) is 9.98. The van der Waals surface area contributed by atoms with E-state index >= 15 is 0 Å². The highest BCUT2D eigenvalue weighted by Gasteiger charge is 2.64. The van der Waals surface area contributed by atoms with Crippen LogP contribution in [0.2, 0.25) is 5.02 Å². The minimum Gasteiger partial charge on any atom is -0.466 e. The van der Waals surface area contributed by atoms with Gasteiger partial charge in [-0.05, 0) is 50.5 Å². The highest BCUT2D eigenvalue weighted by molar-refractivity contribution is 6.31. The lowest BCUT2D eigenvalue weighted by Gasteiger charge is -2.52. The van der Waals surface area contributed by atoms with E-state index in [1.807, 2.05) is 20.8 Å². The van der Waals surface area contributed by atoms with Gasteiger partial charge in [0.25, 0.3) is 5.91 Å². The number of amides is 2. The first kappa shape index (κ1) is 25.8. The molecule has 10 heteroatoms. The molecular formula is C24H32ClN3O6. The number of carbonyl (C=O) groups is 3. The molecule has 2 aromatic rings. The molecule has 2 heterocycles. The van der Waals surface area contributed by atoms with E-state index in [4.69, 9.17) is 21.1 Å². The van der Waals surface area contributed by atoms with Gasteiger partial charge in [-0.15, -0.1) is 0 Å². The van der Waals surface area contributed by atoms with E-state index in [0.29, 0.717) is 5.02 Å². The van der Waals surface area contributed by atoms with Crippen LogP contribution in [0.25, 0.3) is 10.9 Å². The van der Waals surface area contributed by atoms with Crippen molar-refractivity contribution in [3.05, 3.63) is 35.0 Å². The van der Waals surface area contributed by atoms with Crippen LogP contribution in [-0.2, 0) is 14.3 Å². The number of fused-ring (bicyclic) bond motifs is 1. The molecule has 186 valence electrons. The standard InChI is InChI=1S/C24H32ClN3O6/c1-7-33-19(29)12-18(24(22(2,3)4)13-34-23(5,6)28(24)21(31)32)27-20(30)17-11-14-10-15(25)8-9-16(14)26-17/h8-11,18,26H,7,12-13H2,1-6H3,(H,27,30)(H,31,32)/t18?,24-/m0/s1. The largest absolute Gasteiger partial charge is 0.466 e. The maximum atomic E-state index is 13.4. The molecule has 0 saturated carbocycles. The molecule has 1 fully saturated rings. The van der Waals surface area contributed by atoms with Crippen LogP contribution < -0.4 is 5.32 Å². The average molecular weight is 494 g/mol. The van der Waals surface area contributed by atoms with Gasteiger partial charge in [-0.2, -0.15) is 0 Å². The molecule has 1 aromatic heterocycles. The van der Waals surface area contributed by atoms with Crippen LogP contribution in [0.3, 0.4) is 0 Å². The monoisotopic (exact) mass is 493 g/mol. The number of H-pyrrole nitrogens is 1. The Balaban J connectivity index is 2.08. The summed E-state index contributed by atoms with van der Waals surface area (Å²) in [5.41, 5.74) is -2.18. The summed E-state index contributed by atoms with van der Waals surface area (Å²) in [7, 11) is 0. The quantitative estimate of drug-likeness (QED) is 0.513. The Morgan fingerprint density at radius 2 is 1.97 bits per heavy atom. The van der Waals surface area contributed by atoms with Gasteiger partial charge in [0.15, 0.2) is 0 Å². The summed E-state index contributed by atoms with van der Waals surface area (Å²) in [5, 5.41) is 14.4. The van der Waals surface area contributed by atoms with E-state index in [-0.39, 0.29) is 25.3 Å². The first-order chi connectivity index (χ1) is 15.7. The molecular weight excluding hydrogens is 462 g/mol. The van der Waals surface area contributed by atoms with Crippen LogP contribution >= 0.6 is 11.6 Å². The second-order valence-corrected chi connectivity index (χ2v) is 10.4. The number of benzene rings is 1. The lowest BCUT2D eigenvalue weighted by molar-refractivity contribution is -0.145. The zero-order chi connectivity index (χ0) is 25.5. The van der Waals surface area contributed by atoms with Gasteiger partial charge in [0.1, 0.15) is 11.4 Å². The highest BCUT2D eigenvalue weighted by Crippen LogP contribution is 2.48. The minimum absolute atomic E-state index is 0.0114. The van der Waals surface area contributed by atoms with Crippen molar-refractivity contribution in [2.45, 2.75) is 65.3 Å². The summed E-state index contributed by atoms with van der Waals surface area (Å²) in [5.74, 6) is -1.03. The Bertz CT molecular complexity index is 1110. The number of aromatic nitrogens is 1. The Hall–Kier alpha value is -2.78. The number of ether oxygens (including phenoxy) is 2. The molecule has 3 N–H and O–H groups in total. The van der Waals surface area contributed by atoms with Gasteiger partial charge < -0.3 is 24.9 Å². The van der Waals surface area contributed by atoms with Crippen LogP contribution in [0.4, 0.5) is 4.79 Å². The Morgan fingerprint density at radius 1 is 1.29 bits per heavy atom. The van der Waals surface area contributed by atoms with E-state index in [0.717, 1.165) is 10.9 Å². The number of carboxylic acid groups (broad SMARTS) is 1. The van der Waals surface area contributed by atoms with Crippen molar-refractivity contribution in [3.63, 3.8) is 0 Å². The number of esters is 1. The third kappa shape index (κ3) is 4.59. The SMILES string of the molecule is CCOC(=O)CC(NC(=O)c1cc2cc(Cl)ccc2[nH]1)[C@]1(C(C)(C)C)COC(C)(C)N1C(=O)O. The molecule has 34 heavy (non-hydrogen) atoms. The average Bonchev–Trinajstić information content (AvgIpc) is 3.25. The van der Waals surface area contributed by atoms with Gasteiger partial charge in [0.05, 0.1) is 31.2 Å². The van der Waals surface area contributed by atoms with Gasteiger partial charge in [-0.25, -0.2) is 4.79 Å². The van der Waals surface area contributed by atoms with E-state index in [1.54, 1.807) is 45.0 Å². The third-order valence-electron chi connectivity index (χ3n) is 6.46. The summed E-state index contributed by atoms with van der Waals surface area (Å²) < 4.78 is 11.1. The molecule has 1 aliphatic heterocycles. The molecule has 3 rings (SSSR count). The lowest BCUT2D eigenvalue weighted by atomic mass is 9.67. The van der Waals surface area contributed by atoms with E-state index < -0.39 is 40.7 Å². The fourth-order valence-electron chi connectivity index (χ4n) is 4.82. The van der Waals surface area contributed by atoms with Crippen LogP contribution in [0.1, 0.15) is 58.5 Å². The van der Waals surface area contributed by atoms with Crippen molar-refractivity contribution in [3.8, 4) is 0 Å². The van der Waals surface area contributed by atoms with Crippen LogP contribution in [0.15, 0.2) is 24.3 Å². The lowest BCUT2D eigenvalue weighted by Crippen LogP contribution is -2.71. The van der Waals surface area contributed by atoms with Crippen molar-refractivity contribution in [1.29, 1.82) is 0 Å². The summed E-state index contributed by atoms with van der Waals surface area (Å²) in [6.45, 7) is 10.7. The molecule has 9 nitrogen and oxygen atoms in total. The first-order valence-electron chi connectivity index (χ1n) is 11.1. The number of hydrogen-bond donors (Lipinski definition) is 3. The maximum Gasteiger partial charge on any atom is 0.410 e. The first-order valence-corrected chi connectivity index (χ1v) is 11.5. The van der Waals surface area contributed by atoms with Crippen molar-refractivity contribution in [2.75, 3.05) is 13.2 Å². The molecule has 0 bridgehead atoms. The molecule has 1 unspecified atom stereocenters. The van der Waals surface area contributed by atoms with Gasteiger partial charge >= 0.3 is 12.1 Å². The molecule has 2 atom stereocenters. The van der Waals surface area contributed by atoms with Crippen LogP contribution in [-0.4, -0.2) is 63.5 Å². The number of aromatic amines is 1. The number of hydrogen-bond acceptors (Lipinski definition) is 5. The van der Waals surface area contributed by atoms with E-state index in [2.05, 4.69) is 10.3 Å².